The minimum absolute atomic E-state index is 0.135. The highest BCUT2D eigenvalue weighted by molar-refractivity contribution is 9.10. The lowest BCUT2D eigenvalue weighted by atomic mass is 9.85. The minimum atomic E-state index is 0.135. The molecular weight excluding hydrogens is 268 g/mol. The van der Waals surface area contributed by atoms with Crippen molar-refractivity contribution >= 4 is 21.7 Å². The lowest BCUT2D eigenvalue weighted by Gasteiger charge is -2.20. The van der Waals surface area contributed by atoms with Crippen LogP contribution in [0, 0.1) is 5.92 Å². The summed E-state index contributed by atoms with van der Waals surface area (Å²) in [5, 5.41) is 0. The summed E-state index contributed by atoms with van der Waals surface area (Å²) in [6, 6.07) is 3.52. The third kappa shape index (κ3) is 3.21. The van der Waals surface area contributed by atoms with Gasteiger partial charge in [0.1, 0.15) is 0 Å². The fraction of sp³-hybridized carbons (Fsp3) is 0.615. The normalized spacial score (nSPS) is 17.6. The molecule has 2 rings (SSSR count). The van der Waals surface area contributed by atoms with Gasteiger partial charge in [0.25, 0.3) is 0 Å². The van der Waals surface area contributed by atoms with Gasteiger partial charge in [-0.15, -0.1) is 0 Å². The number of hydrogen-bond acceptors (Lipinski definition) is 2. The summed E-state index contributed by atoms with van der Waals surface area (Å²) >= 11 is 3.21. The molecule has 0 aromatic carbocycles. The molecular formula is C13H17BrO2. The summed E-state index contributed by atoms with van der Waals surface area (Å²) in [5.74, 6) is 1.38. The lowest BCUT2D eigenvalue weighted by Crippen LogP contribution is -2.08. The SMILES string of the molecule is O=C(CCC1CCCCC1)c1ccc(Br)o1. The van der Waals surface area contributed by atoms with Crippen molar-refractivity contribution < 1.29 is 9.21 Å². The molecule has 3 heteroatoms. The Morgan fingerprint density at radius 2 is 2.06 bits per heavy atom. The summed E-state index contributed by atoms with van der Waals surface area (Å²) in [5.41, 5.74) is 0. The Morgan fingerprint density at radius 3 is 2.69 bits per heavy atom. The summed E-state index contributed by atoms with van der Waals surface area (Å²) < 4.78 is 5.89. The molecule has 0 spiro atoms. The predicted molar refractivity (Wildman–Crippen MR) is 66.5 cm³/mol. The zero-order chi connectivity index (χ0) is 11.4. The van der Waals surface area contributed by atoms with E-state index in [4.69, 9.17) is 4.42 Å². The maximum Gasteiger partial charge on any atom is 0.198 e. The number of halogens is 1. The molecule has 1 fully saturated rings. The van der Waals surface area contributed by atoms with Crippen LogP contribution in [0.4, 0.5) is 0 Å². The zero-order valence-corrected chi connectivity index (χ0v) is 11.0. The second-order valence-electron chi connectivity index (χ2n) is 4.57. The van der Waals surface area contributed by atoms with E-state index in [1.54, 1.807) is 12.1 Å². The third-order valence-electron chi connectivity index (χ3n) is 3.35. The van der Waals surface area contributed by atoms with E-state index in [1.807, 2.05) is 0 Å². The Bertz CT molecular complexity index is 351. The molecule has 0 N–H and O–H groups in total. The molecule has 2 nitrogen and oxygen atoms in total. The average molecular weight is 285 g/mol. The van der Waals surface area contributed by atoms with Crippen molar-refractivity contribution in [2.75, 3.05) is 0 Å². The predicted octanol–water partition coefficient (Wildman–Crippen LogP) is 4.59. The van der Waals surface area contributed by atoms with Crippen LogP contribution in [0.3, 0.4) is 0 Å². The van der Waals surface area contributed by atoms with E-state index < -0.39 is 0 Å². The molecule has 1 heterocycles. The van der Waals surface area contributed by atoms with E-state index in [0.717, 1.165) is 12.3 Å². The first kappa shape index (κ1) is 11.9. The first-order chi connectivity index (χ1) is 7.75. The Morgan fingerprint density at radius 1 is 1.31 bits per heavy atom. The van der Waals surface area contributed by atoms with Crippen molar-refractivity contribution in [3.63, 3.8) is 0 Å². The summed E-state index contributed by atoms with van der Waals surface area (Å²) in [6.45, 7) is 0. The average Bonchev–Trinajstić information content (AvgIpc) is 2.74. The first-order valence-corrected chi connectivity index (χ1v) is 6.83. The van der Waals surface area contributed by atoms with Crippen LogP contribution < -0.4 is 0 Å². The molecule has 0 aliphatic heterocycles. The molecule has 88 valence electrons. The number of carbonyl (C=O) groups is 1. The molecule has 16 heavy (non-hydrogen) atoms. The summed E-state index contributed by atoms with van der Waals surface area (Å²) in [6.07, 6.45) is 8.30. The third-order valence-corrected chi connectivity index (χ3v) is 3.78. The van der Waals surface area contributed by atoms with Gasteiger partial charge in [-0.05, 0) is 40.4 Å². The van der Waals surface area contributed by atoms with Gasteiger partial charge in [-0.1, -0.05) is 32.1 Å². The quantitative estimate of drug-likeness (QED) is 0.758. The van der Waals surface area contributed by atoms with Crippen molar-refractivity contribution in [1.29, 1.82) is 0 Å². The Balaban J connectivity index is 1.79. The van der Waals surface area contributed by atoms with Crippen LogP contribution in [0.15, 0.2) is 21.2 Å². The van der Waals surface area contributed by atoms with Crippen molar-refractivity contribution in [3.8, 4) is 0 Å². The number of Topliss-reactive ketones (excluding diaryl/α,β-unsaturated/α-hetero) is 1. The van der Waals surface area contributed by atoms with Gasteiger partial charge in [-0.3, -0.25) is 4.79 Å². The first-order valence-electron chi connectivity index (χ1n) is 6.04. The van der Waals surface area contributed by atoms with Gasteiger partial charge in [0.05, 0.1) is 0 Å². The number of ketones is 1. The van der Waals surface area contributed by atoms with Crippen molar-refractivity contribution in [3.05, 3.63) is 22.6 Å². The van der Waals surface area contributed by atoms with Crippen LogP contribution in [0.1, 0.15) is 55.5 Å². The maximum absolute atomic E-state index is 11.8. The number of furan rings is 1. The van der Waals surface area contributed by atoms with Crippen LogP contribution in [0.2, 0.25) is 0 Å². The largest absolute Gasteiger partial charge is 0.446 e. The van der Waals surface area contributed by atoms with E-state index in [-0.39, 0.29) is 5.78 Å². The highest BCUT2D eigenvalue weighted by Crippen LogP contribution is 2.28. The second kappa shape index (κ2) is 5.67. The Labute approximate surface area is 105 Å². The van der Waals surface area contributed by atoms with Crippen LogP contribution in [-0.2, 0) is 0 Å². The molecule has 0 amide bonds. The van der Waals surface area contributed by atoms with Crippen LogP contribution in [0.25, 0.3) is 0 Å². The molecule has 1 saturated carbocycles. The molecule has 0 saturated heterocycles. The molecule has 0 bridgehead atoms. The van der Waals surface area contributed by atoms with Gasteiger partial charge >= 0.3 is 0 Å². The molecule has 1 aromatic rings. The Hall–Kier alpha value is -0.570. The lowest BCUT2D eigenvalue weighted by molar-refractivity contribution is 0.0942. The van der Waals surface area contributed by atoms with Crippen molar-refractivity contribution in [2.45, 2.75) is 44.9 Å². The highest BCUT2D eigenvalue weighted by atomic mass is 79.9. The topological polar surface area (TPSA) is 30.2 Å². The van der Waals surface area contributed by atoms with Gasteiger partial charge in [0.2, 0.25) is 0 Å². The van der Waals surface area contributed by atoms with Crippen molar-refractivity contribution in [1.82, 2.24) is 0 Å². The van der Waals surface area contributed by atoms with Gasteiger partial charge in [0, 0.05) is 6.42 Å². The number of rotatable bonds is 4. The fourth-order valence-corrected chi connectivity index (χ4v) is 2.70. The number of carbonyl (C=O) groups excluding carboxylic acids is 1. The molecule has 0 atom stereocenters. The zero-order valence-electron chi connectivity index (χ0n) is 9.38. The monoisotopic (exact) mass is 284 g/mol. The smallest absolute Gasteiger partial charge is 0.198 e. The fourth-order valence-electron chi connectivity index (χ4n) is 2.40. The van der Waals surface area contributed by atoms with Gasteiger partial charge in [-0.25, -0.2) is 0 Å². The van der Waals surface area contributed by atoms with Crippen LogP contribution in [0.5, 0.6) is 0 Å². The standard InChI is InChI=1S/C13H17BrO2/c14-13-9-8-12(16-13)11(15)7-6-10-4-2-1-3-5-10/h8-10H,1-7H2. The molecule has 1 aliphatic carbocycles. The minimum Gasteiger partial charge on any atom is -0.446 e. The molecule has 1 aliphatic rings. The van der Waals surface area contributed by atoms with Crippen LogP contribution >= 0.6 is 15.9 Å². The van der Waals surface area contributed by atoms with E-state index in [9.17, 15) is 4.79 Å². The van der Waals surface area contributed by atoms with Gasteiger partial charge in [-0.2, -0.15) is 0 Å². The number of hydrogen-bond donors (Lipinski definition) is 0. The highest BCUT2D eigenvalue weighted by Gasteiger charge is 2.16. The van der Waals surface area contributed by atoms with E-state index in [2.05, 4.69) is 15.9 Å². The summed E-state index contributed by atoms with van der Waals surface area (Å²) in [7, 11) is 0. The van der Waals surface area contributed by atoms with Gasteiger partial charge in [0.15, 0.2) is 16.2 Å². The summed E-state index contributed by atoms with van der Waals surface area (Å²) in [4.78, 5) is 11.8. The molecule has 1 aromatic heterocycles. The van der Waals surface area contributed by atoms with Gasteiger partial charge < -0.3 is 4.42 Å². The second-order valence-corrected chi connectivity index (χ2v) is 5.35. The van der Waals surface area contributed by atoms with E-state index >= 15 is 0 Å². The van der Waals surface area contributed by atoms with Crippen LogP contribution in [-0.4, -0.2) is 5.78 Å². The van der Waals surface area contributed by atoms with E-state index in [1.165, 1.54) is 32.1 Å². The maximum atomic E-state index is 11.8. The molecule has 0 unspecified atom stereocenters. The van der Waals surface area contributed by atoms with E-state index in [0.29, 0.717) is 16.9 Å². The van der Waals surface area contributed by atoms with Crippen molar-refractivity contribution in [2.24, 2.45) is 5.92 Å². The Kier molecular flexibility index (Phi) is 4.22. The molecule has 0 radical (unpaired) electrons.